The molecule has 1 aliphatic rings. The second kappa shape index (κ2) is 7.46. The van der Waals surface area contributed by atoms with E-state index in [2.05, 4.69) is 30.0 Å². The molecule has 4 aromatic rings. The van der Waals surface area contributed by atoms with Gasteiger partial charge >= 0.3 is 0 Å². The van der Waals surface area contributed by atoms with Crippen LogP contribution in [-0.2, 0) is 19.5 Å². The number of fused-ring (bicyclic) bond motifs is 1. The van der Waals surface area contributed by atoms with Crippen molar-refractivity contribution in [3.63, 3.8) is 0 Å². The second-order valence-corrected chi connectivity index (χ2v) is 7.59. The highest BCUT2D eigenvalue weighted by Gasteiger charge is 2.25. The molecule has 0 amide bonds. The molecule has 0 saturated heterocycles. The molecule has 0 fully saturated rings. The minimum absolute atomic E-state index is 0.299. The van der Waals surface area contributed by atoms with E-state index in [1.54, 1.807) is 18.5 Å². The standard InChI is InChI=1S/C22H21FN6O/c1-13-19(26-12-25-13)11-29-7-6-18-16(10-29)9-24-14(2)20(18)21-27-22(30-28-21)15-4-3-5-17(23)8-15/h3-5,8-9,12H,6-7,10-11H2,1-2H3,(H,25,26). The monoisotopic (exact) mass is 404 g/mol. The molecule has 3 aromatic heterocycles. The molecule has 30 heavy (non-hydrogen) atoms. The number of nitrogens with one attached hydrogen (secondary N) is 1. The highest BCUT2D eigenvalue weighted by molar-refractivity contribution is 5.67. The first kappa shape index (κ1) is 18.6. The van der Waals surface area contributed by atoms with E-state index in [-0.39, 0.29) is 5.82 Å². The van der Waals surface area contributed by atoms with Crippen LogP contribution in [0.1, 0.15) is 28.2 Å². The van der Waals surface area contributed by atoms with Gasteiger partial charge in [-0.05, 0) is 49.6 Å². The molecule has 0 unspecified atom stereocenters. The van der Waals surface area contributed by atoms with Crippen molar-refractivity contribution in [1.29, 1.82) is 0 Å². The van der Waals surface area contributed by atoms with E-state index in [4.69, 9.17) is 4.52 Å². The van der Waals surface area contributed by atoms with Gasteiger partial charge in [-0.1, -0.05) is 11.2 Å². The summed E-state index contributed by atoms with van der Waals surface area (Å²) in [4.78, 5) is 19.0. The number of halogens is 1. The van der Waals surface area contributed by atoms with Gasteiger partial charge in [0.2, 0.25) is 5.82 Å². The Hall–Kier alpha value is -3.39. The maximum atomic E-state index is 13.6. The van der Waals surface area contributed by atoms with Crippen LogP contribution in [0.3, 0.4) is 0 Å². The lowest BCUT2D eigenvalue weighted by Crippen LogP contribution is -2.31. The van der Waals surface area contributed by atoms with E-state index in [0.29, 0.717) is 17.3 Å². The quantitative estimate of drug-likeness (QED) is 0.556. The van der Waals surface area contributed by atoms with Crippen LogP contribution in [0.5, 0.6) is 0 Å². The van der Waals surface area contributed by atoms with Gasteiger partial charge < -0.3 is 9.51 Å². The van der Waals surface area contributed by atoms with E-state index in [1.807, 2.05) is 20.0 Å². The fourth-order valence-corrected chi connectivity index (χ4v) is 3.96. The highest BCUT2D eigenvalue weighted by Crippen LogP contribution is 2.32. The molecule has 0 saturated carbocycles. The summed E-state index contributed by atoms with van der Waals surface area (Å²) >= 11 is 0. The van der Waals surface area contributed by atoms with E-state index >= 15 is 0 Å². The topological polar surface area (TPSA) is 83.7 Å². The summed E-state index contributed by atoms with van der Waals surface area (Å²) in [6.45, 7) is 6.48. The molecule has 0 bridgehead atoms. The van der Waals surface area contributed by atoms with E-state index in [1.165, 1.54) is 17.7 Å². The minimum atomic E-state index is -0.338. The van der Waals surface area contributed by atoms with Crippen LogP contribution < -0.4 is 0 Å². The third-order valence-electron chi connectivity index (χ3n) is 5.57. The van der Waals surface area contributed by atoms with Gasteiger partial charge in [-0.2, -0.15) is 4.98 Å². The van der Waals surface area contributed by atoms with Crippen molar-refractivity contribution in [3.05, 3.63) is 70.8 Å². The van der Waals surface area contributed by atoms with Crippen molar-refractivity contribution < 1.29 is 8.91 Å². The third kappa shape index (κ3) is 3.39. The fraction of sp³-hybridized carbons (Fsp3) is 0.273. The highest BCUT2D eigenvalue weighted by atomic mass is 19.1. The summed E-state index contributed by atoms with van der Waals surface area (Å²) in [5, 5.41) is 4.18. The molecule has 0 radical (unpaired) electrons. The molecule has 1 aliphatic heterocycles. The predicted octanol–water partition coefficient (Wildman–Crippen LogP) is 3.84. The van der Waals surface area contributed by atoms with Gasteiger partial charge in [-0.3, -0.25) is 9.88 Å². The van der Waals surface area contributed by atoms with Crippen LogP contribution in [0.25, 0.3) is 22.8 Å². The Bertz CT molecular complexity index is 1210. The number of hydrogen-bond acceptors (Lipinski definition) is 6. The SMILES string of the molecule is Cc1ncc2c(c1-c1noc(-c3cccc(F)c3)n1)CCN(Cc1nc[nH]c1C)C2. The number of H-pyrrole nitrogens is 1. The molecule has 152 valence electrons. The van der Waals surface area contributed by atoms with Crippen molar-refractivity contribution in [2.24, 2.45) is 0 Å². The molecular weight excluding hydrogens is 383 g/mol. The van der Waals surface area contributed by atoms with Gasteiger partial charge in [0.25, 0.3) is 5.89 Å². The van der Waals surface area contributed by atoms with Gasteiger partial charge in [-0.15, -0.1) is 0 Å². The van der Waals surface area contributed by atoms with Gasteiger partial charge in [0.1, 0.15) is 5.82 Å². The minimum Gasteiger partial charge on any atom is -0.348 e. The fourth-order valence-electron chi connectivity index (χ4n) is 3.96. The Kier molecular flexibility index (Phi) is 4.63. The lowest BCUT2D eigenvalue weighted by atomic mass is 9.94. The van der Waals surface area contributed by atoms with Crippen molar-refractivity contribution in [2.75, 3.05) is 6.54 Å². The Balaban J connectivity index is 1.45. The largest absolute Gasteiger partial charge is 0.348 e. The average molecular weight is 404 g/mol. The number of nitrogens with zero attached hydrogens (tertiary/aromatic N) is 5. The van der Waals surface area contributed by atoms with Gasteiger partial charge in [-0.25, -0.2) is 9.37 Å². The zero-order chi connectivity index (χ0) is 20.7. The van der Waals surface area contributed by atoms with Crippen molar-refractivity contribution in [3.8, 4) is 22.8 Å². The predicted molar refractivity (Wildman–Crippen MR) is 109 cm³/mol. The molecule has 0 spiro atoms. The molecule has 1 N–H and O–H groups in total. The summed E-state index contributed by atoms with van der Waals surface area (Å²) in [5.74, 6) is 0.454. The Morgan fingerprint density at radius 3 is 2.93 bits per heavy atom. The van der Waals surface area contributed by atoms with Crippen molar-refractivity contribution >= 4 is 0 Å². The maximum absolute atomic E-state index is 13.6. The summed E-state index contributed by atoms with van der Waals surface area (Å²) in [5.41, 5.74) is 6.85. The number of pyridine rings is 1. The summed E-state index contributed by atoms with van der Waals surface area (Å²) in [6, 6.07) is 6.15. The molecule has 0 atom stereocenters. The van der Waals surface area contributed by atoms with Crippen LogP contribution >= 0.6 is 0 Å². The van der Waals surface area contributed by atoms with Crippen molar-refractivity contribution in [2.45, 2.75) is 33.4 Å². The van der Waals surface area contributed by atoms with E-state index < -0.39 is 0 Å². The summed E-state index contributed by atoms with van der Waals surface area (Å²) in [7, 11) is 0. The molecule has 7 nitrogen and oxygen atoms in total. The van der Waals surface area contributed by atoms with Crippen LogP contribution in [0.15, 0.2) is 41.3 Å². The normalized spacial score (nSPS) is 14.1. The van der Waals surface area contributed by atoms with Gasteiger partial charge in [0, 0.05) is 48.3 Å². The molecule has 1 aromatic carbocycles. The lowest BCUT2D eigenvalue weighted by Gasteiger charge is -2.29. The van der Waals surface area contributed by atoms with Crippen LogP contribution in [0.4, 0.5) is 4.39 Å². The van der Waals surface area contributed by atoms with Gasteiger partial charge in [0.05, 0.1) is 12.0 Å². The number of rotatable bonds is 4. The summed E-state index contributed by atoms with van der Waals surface area (Å²) < 4.78 is 19.0. The molecule has 5 rings (SSSR count). The average Bonchev–Trinajstić information content (AvgIpc) is 3.38. The second-order valence-electron chi connectivity index (χ2n) is 7.59. The smallest absolute Gasteiger partial charge is 0.258 e. The van der Waals surface area contributed by atoms with Crippen LogP contribution in [-0.4, -0.2) is 36.5 Å². The zero-order valence-electron chi connectivity index (χ0n) is 16.8. The Labute approximate surface area is 173 Å². The molecule has 4 heterocycles. The van der Waals surface area contributed by atoms with Gasteiger partial charge in [0.15, 0.2) is 0 Å². The first-order valence-corrected chi connectivity index (χ1v) is 9.87. The first-order chi connectivity index (χ1) is 14.6. The Morgan fingerprint density at radius 2 is 2.13 bits per heavy atom. The number of imidazole rings is 1. The van der Waals surface area contributed by atoms with E-state index in [0.717, 1.165) is 54.3 Å². The lowest BCUT2D eigenvalue weighted by molar-refractivity contribution is 0.242. The number of aromatic nitrogens is 5. The summed E-state index contributed by atoms with van der Waals surface area (Å²) in [6.07, 6.45) is 4.53. The number of hydrogen-bond donors (Lipinski definition) is 1. The van der Waals surface area contributed by atoms with Crippen LogP contribution in [0, 0.1) is 19.7 Å². The molecule has 8 heteroatoms. The first-order valence-electron chi connectivity index (χ1n) is 9.87. The molecular formula is C22H21FN6O. The number of benzene rings is 1. The van der Waals surface area contributed by atoms with Crippen LogP contribution in [0.2, 0.25) is 0 Å². The zero-order valence-corrected chi connectivity index (χ0v) is 16.8. The number of aryl methyl sites for hydroxylation is 2. The molecule has 0 aliphatic carbocycles. The number of aromatic amines is 1. The van der Waals surface area contributed by atoms with Crippen molar-refractivity contribution in [1.82, 2.24) is 30.0 Å². The van der Waals surface area contributed by atoms with E-state index in [9.17, 15) is 4.39 Å². The third-order valence-corrected chi connectivity index (χ3v) is 5.57. The maximum Gasteiger partial charge on any atom is 0.258 e. The Morgan fingerprint density at radius 1 is 1.23 bits per heavy atom.